The highest BCUT2D eigenvalue weighted by molar-refractivity contribution is 9.10. The molecule has 0 spiro atoms. The van der Waals surface area contributed by atoms with Gasteiger partial charge < -0.3 is 0 Å². The highest BCUT2D eigenvalue weighted by atomic mass is 79.9. The molecule has 0 N–H and O–H groups in total. The van der Waals surface area contributed by atoms with E-state index in [1.165, 1.54) is 0 Å². The highest BCUT2D eigenvalue weighted by Gasteiger charge is 2.15. The van der Waals surface area contributed by atoms with Crippen molar-refractivity contribution in [3.8, 4) is 0 Å². The van der Waals surface area contributed by atoms with Crippen molar-refractivity contribution in [2.75, 3.05) is 0 Å². The summed E-state index contributed by atoms with van der Waals surface area (Å²) >= 11 is 2.99. The molecular weight excluding hydrogens is 244 g/mol. The summed E-state index contributed by atoms with van der Waals surface area (Å²) in [6.07, 6.45) is -1.04. The van der Waals surface area contributed by atoms with Crippen LogP contribution >= 0.6 is 15.9 Å². The molecule has 0 saturated carbocycles. The van der Waals surface area contributed by atoms with Crippen LogP contribution in [0.5, 0.6) is 0 Å². The van der Waals surface area contributed by atoms with Crippen LogP contribution < -0.4 is 0 Å². The van der Waals surface area contributed by atoms with E-state index in [-0.39, 0.29) is 15.7 Å². The van der Waals surface area contributed by atoms with E-state index >= 15 is 0 Å². The molecule has 0 bridgehead atoms. The number of hydrogen-bond donors (Lipinski definition) is 0. The molecule has 13 heavy (non-hydrogen) atoms. The molecule has 0 radical (unpaired) electrons. The number of hydrogen-bond acceptors (Lipinski definition) is 2. The summed E-state index contributed by atoms with van der Waals surface area (Å²) in [5, 5.41) is 0. The first-order chi connectivity index (χ1) is 6.07. The number of aldehydes is 1. The van der Waals surface area contributed by atoms with Crippen molar-refractivity contribution in [2.24, 2.45) is 0 Å². The third-order valence-electron chi connectivity index (χ3n) is 1.66. The summed E-state index contributed by atoms with van der Waals surface area (Å²) in [5.41, 5.74) is 0.423. The van der Waals surface area contributed by atoms with E-state index in [1.807, 2.05) is 0 Å². The summed E-state index contributed by atoms with van der Waals surface area (Å²) < 4.78 is 24.8. The summed E-state index contributed by atoms with van der Waals surface area (Å²) in [7, 11) is 0. The van der Waals surface area contributed by atoms with Crippen LogP contribution in [0.25, 0.3) is 0 Å². The van der Waals surface area contributed by atoms with Crippen molar-refractivity contribution in [3.05, 3.63) is 27.5 Å². The standard InChI is InChI=1S/C8H6BrF2NO/c1-4-6(3-13)12-2-5(7(4)9)8(10)11/h2-3,8H,1H3. The molecule has 0 aliphatic rings. The van der Waals surface area contributed by atoms with Crippen molar-refractivity contribution < 1.29 is 13.6 Å². The van der Waals surface area contributed by atoms with E-state index in [9.17, 15) is 13.6 Å². The molecule has 0 aromatic carbocycles. The van der Waals surface area contributed by atoms with Crippen LogP contribution in [0.2, 0.25) is 0 Å². The molecule has 0 aliphatic heterocycles. The minimum absolute atomic E-state index is 0.177. The maximum Gasteiger partial charge on any atom is 0.266 e. The Morgan fingerprint density at radius 3 is 2.69 bits per heavy atom. The van der Waals surface area contributed by atoms with Crippen LogP contribution in [0.15, 0.2) is 10.7 Å². The molecule has 0 aliphatic carbocycles. The van der Waals surface area contributed by atoms with Gasteiger partial charge in [0.2, 0.25) is 0 Å². The average molecular weight is 250 g/mol. The van der Waals surface area contributed by atoms with Crippen LogP contribution in [-0.4, -0.2) is 11.3 Å². The van der Waals surface area contributed by atoms with E-state index in [0.29, 0.717) is 11.8 Å². The largest absolute Gasteiger partial charge is 0.296 e. The maximum absolute atomic E-state index is 12.3. The molecule has 70 valence electrons. The highest BCUT2D eigenvalue weighted by Crippen LogP contribution is 2.29. The fourth-order valence-electron chi connectivity index (χ4n) is 0.892. The van der Waals surface area contributed by atoms with Gasteiger partial charge in [0, 0.05) is 10.7 Å². The molecule has 0 saturated heterocycles. The number of carbonyl (C=O) groups excluding carboxylic acids is 1. The monoisotopic (exact) mass is 249 g/mol. The lowest BCUT2D eigenvalue weighted by molar-refractivity contribution is 0.111. The smallest absolute Gasteiger partial charge is 0.266 e. The van der Waals surface area contributed by atoms with Gasteiger partial charge in [0.15, 0.2) is 6.29 Å². The zero-order valence-corrected chi connectivity index (χ0v) is 8.31. The van der Waals surface area contributed by atoms with E-state index in [0.717, 1.165) is 6.20 Å². The van der Waals surface area contributed by atoms with Crippen LogP contribution in [-0.2, 0) is 0 Å². The predicted octanol–water partition coefficient (Wildman–Crippen LogP) is 2.90. The van der Waals surface area contributed by atoms with Gasteiger partial charge in [-0.15, -0.1) is 0 Å². The first kappa shape index (κ1) is 10.2. The van der Waals surface area contributed by atoms with Crippen LogP contribution in [0.1, 0.15) is 28.0 Å². The Morgan fingerprint density at radius 1 is 1.62 bits per heavy atom. The van der Waals surface area contributed by atoms with Crippen molar-refractivity contribution in [1.29, 1.82) is 0 Å². The third kappa shape index (κ3) is 1.91. The van der Waals surface area contributed by atoms with Crippen LogP contribution in [0, 0.1) is 6.92 Å². The lowest BCUT2D eigenvalue weighted by Crippen LogP contribution is -1.97. The summed E-state index contributed by atoms with van der Waals surface area (Å²) in [6.45, 7) is 1.56. The molecule has 1 aromatic heterocycles. The first-order valence-corrected chi connectivity index (χ1v) is 4.25. The minimum atomic E-state index is -2.58. The Kier molecular flexibility index (Phi) is 3.08. The van der Waals surface area contributed by atoms with Gasteiger partial charge >= 0.3 is 0 Å². The lowest BCUT2D eigenvalue weighted by Gasteiger charge is -2.06. The van der Waals surface area contributed by atoms with Crippen LogP contribution in [0.4, 0.5) is 8.78 Å². The summed E-state index contributed by atoms with van der Waals surface area (Å²) in [6, 6.07) is 0. The molecular formula is C8H6BrF2NO. The second kappa shape index (κ2) is 3.91. The zero-order valence-electron chi connectivity index (χ0n) is 6.72. The van der Waals surface area contributed by atoms with Crippen molar-refractivity contribution >= 4 is 22.2 Å². The Bertz CT molecular complexity index is 341. The van der Waals surface area contributed by atoms with Gasteiger partial charge in [-0.05, 0) is 28.4 Å². The number of halogens is 3. The molecule has 1 rings (SSSR count). The Morgan fingerprint density at radius 2 is 2.23 bits per heavy atom. The van der Waals surface area contributed by atoms with E-state index in [1.54, 1.807) is 6.92 Å². The normalized spacial score (nSPS) is 10.5. The summed E-state index contributed by atoms with van der Waals surface area (Å²) in [5.74, 6) is 0. The lowest BCUT2D eigenvalue weighted by atomic mass is 10.1. The first-order valence-electron chi connectivity index (χ1n) is 3.46. The van der Waals surface area contributed by atoms with Gasteiger partial charge in [0.1, 0.15) is 5.69 Å². The summed E-state index contributed by atoms with van der Waals surface area (Å²) in [4.78, 5) is 14.0. The molecule has 0 atom stereocenters. The van der Waals surface area contributed by atoms with Gasteiger partial charge in [0.25, 0.3) is 6.43 Å². The minimum Gasteiger partial charge on any atom is -0.296 e. The van der Waals surface area contributed by atoms with Crippen LogP contribution in [0.3, 0.4) is 0 Å². The van der Waals surface area contributed by atoms with Gasteiger partial charge in [-0.25, -0.2) is 8.78 Å². The van der Waals surface area contributed by atoms with Gasteiger partial charge in [0.05, 0.1) is 5.56 Å². The number of alkyl halides is 2. The van der Waals surface area contributed by atoms with E-state index in [4.69, 9.17) is 0 Å². The number of pyridine rings is 1. The van der Waals surface area contributed by atoms with Crippen molar-refractivity contribution in [3.63, 3.8) is 0 Å². The van der Waals surface area contributed by atoms with Crippen molar-refractivity contribution in [2.45, 2.75) is 13.3 Å². The topological polar surface area (TPSA) is 30.0 Å². The predicted molar refractivity (Wildman–Crippen MR) is 47.0 cm³/mol. The zero-order chi connectivity index (χ0) is 10.0. The second-order valence-corrected chi connectivity index (χ2v) is 3.25. The Hall–Kier alpha value is -0.840. The average Bonchev–Trinajstić information content (AvgIpc) is 2.09. The maximum atomic E-state index is 12.3. The van der Waals surface area contributed by atoms with Crippen molar-refractivity contribution in [1.82, 2.24) is 4.98 Å². The third-order valence-corrected chi connectivity index (χ3v) is 2.71. The quantitative estimate of drug-likeness (QED) is 0.755. The number of carbonyl (C=O) groups is 1. The molecule has 0 unspecified atom stereocenters. The van der Waals surface area contributed by atoms with Gasteiger partial charge in [-0.3, -0.25) is 9.78 Å². The Labute approximate surface area is 82.1 Å². The SMILES string of the molecule is Cc1c(C=O)ncc(C(F)F)c1Br. The second-order valence-electron chi connectivity index (χ2n) is 2.46. The fraction of sp³-hybridized carbons (Fsp3) is 0.250. The van der Waals surface area contributed by atoms with Gasteiger partial charge in [-0.1, -0.05) is 0 Å². The van der Waals surface area contributed by atoms with E-state index in [2.05, 4.69) is 20.9 Å². The molecule has 0 fully saturated rings. The molecule has 1 heterocycles. The Balaban J connectivity index is 3.31. The fourth-order valence-corrected chi connectivity index (χ4v) is 1.37. The molecule has 0 amide bonds. The molecule has 5 heteroatoms. The molecule has 1 aromatic rings. The number of aromatic nitrogens is 1. The van der Waals surface area contributed by atoms with E-state index < -0.39 is 6.43 Å². The number of nitrogens with zero attached hydrogens (tertiary/aromatic N) is 1. The van der Waals surface area contributed by atoms with Gasteiger partial charge in [-0.2, -0.15) is 0 Å². The number of rotatable bonds is 2. The molecule has 2 nitrogen and oxygen atoms in total.